The Kier molecular flexibility index (Phi) is 6.44. The van der Waals surface area contributed by atoms with Gasteiger partial charge in [-0.05, 0) is 0 Å². The molecule has 0 aliphatic rings. The van der Waals surface area contributed by atoms with E-state index in [9.17, 15) is 0 Å². The lowest BCUT2D eigenvalue weighted by Crippen LogP contribution is -2.32. The molecule has 0 aliphatic carbocycles. The first-order valence-electron chi connectivity index (χ1n) is 4.15. The minimum absolute atomic E-state index is 0.0329. The second-order valence-corrected chi connectivity index (χ2v) is 3.89. The van der Waals surface area contributed by atoms with E-state index < -0.39 is 0 Å². The molecule has 3 heteroatoms. The second-order valence-electron chi connectivity index (χ2n) is 3.58. The van der Waals surface area contributed by atoms with Gasteiger partial charge in [0.15, 0.2) is 0 Å². The van der Waals surface area contributed by atoms with Crippen LogP contribution < -0.4 is 5.32 Å². The number of halogens is 1. The highest BCUT2D eigenvalue weighted by Gasteiger charge is 2.14. The van der Waals surface area contributed by atoms with E-state index in [0.717, 1.165) is 13.1 Å². The van der Waals surface area contributed by atoms with Crippen molar-refractivity contribution in [1.82, 2.24) is 5.32 Å². The van der Waals surface area contributed by atoms with E-state index in [1.807, 2.05) is 26.0 Å². The molecule has 0 fully saturated rings. The Bertz CT molecular complexity index is 134. The van der Waals surface area contributed by atoms with Crippen LogP contribution in [0.3, 0.4) is 0 Å². The summed E-state index contributed by atoms with van der Waals surface area (Å²) in [6.07, 6.45) is 3.89. The van der Waals surface area contributed by atoms with Crippen molar-refractivity contribution < 1.29 is 5.11 Å². The lowest BCUT2D eigenvalue weighted by Gasteiger charge is -2.21. The van der Waals surface area contributed by atoms with Crippen LogP contribution in [0, 0.1) is 5.41 Å². The van der Waals surface area contributed by atoms with E-state index in [2.05, 4.69) is 5.32 Å². The van der Waals surface area contributed by atoms with E-state index >= 15 is 0 Å². The molecule has 0 aromatic rings. The number of aliphatic hydroxyl groups excluding tert-OH is 1. The van der Waals surface area contributed by atoms with Gasteiger partial charge in [-0.1, -0.05) is 26.0 Å². The van der Waals surface area contributed by atoms with E-state index in [-0.39, 0.29) is 12.0 Å². The predicted molar refractivity (Wildman–Crippen MR) is 53.6 cm³/mol. The average Bonchev–Trinajstić information content (AvgIpc) is 2.04. The molecule has 0 heterocycles. The largest absolute Gasteiger partial charge is 0.396 e. The van der Waals surface area contributed by atoms with Crippen LogP contribution in [-0.4, -0.2) is 30.7 Å². The summed E-state index contributed by atoms with van der Waals surface area (Å²) < 4.78 is 0. The van der Waals surface area contributed by atoms with Gasteiger partial charge in [0.2, 0.25) is 0 Å². The summed E-state index contributed by atoms with van der Waals surface area (Å²) in [5.41, 5.74) is -0.0329. The van der Waals surface area contributed by atoms with Crippen molar-refractivity contribution in [2.75, 3.05) is 25.6 Å². The van der Waals surface area contributed by atoms with Gasteiger partial charge in [0.25, 0.3) is 0 Å². The SMILES string of the molecule is CC(C)(CO)CNC/C=C/CCl. The van der Waals surface area contributed by atoms with Crippen LogP contribution >= 0.6 is 11.6 Å². The van der Waals surface area contributed by atoms with Crippen molar-refractivity contribution in [3.63, 3.8) is 0 Å². The van der Waals surface area contributed by atoms with Crippen molar-refractivity contribution in [3.8, 4) is 0 Å². The number of allylic oxidation sites excluding steroid dienone is 1. The molecule has 12 heavy (non-hydrogen) atoms. The Morgan fingerprint density at radius 1 is 1.42 bits per heavy atom. The highest BCUT2D eigenvalue weighted by atomic mass is 35.5. The summed E-state index contributed by atoms with van der Waals surface area (Å²) in [7, 11) is 0. The van der Waals surface area contributed by atoms with Gasteiger partial charge in [-0.15, -0.1) is 11.6 Å². The Morgan fingerprint density at radius 3 is 2.58 bits per heavy atom. The first-order valence-corrected chi connectivity index (χ1v) is 4.68. The minimum Gasteiger partial charge on any atom is -0.396 e. The molecule has 0 radical (unpaired) electrons. The summed E-state index contributed by atoms with van der Waals surface area (Å²) in [4.78, 5) is 0. The number of rotatable bonds is 6. The molecule has 0 saturated heterocycles. The van der Waals surface area contributed by atoms with Crippen molar-refractivity contribution in [1.29, 1.82) is 0 Å². The van der Waals surface area contributed by atoms with Crippen molar-refractivity contribution in [3.05, 3.63) is 12.2 Å². The quantitative estimate of drug-likeness (QED) is 0.378. The summed E-state index contributed by atoms with van der Waals surface area (Å²) in [5.74, 6) is 0.561. The van der Waals surface area contributed by atoms with E-state index in [1.165, 1.54) is 0 Å². The maximum atomic E-state index is 8.92. The molecule has 0 amide bonds. The predicted octanol–water partition coefficient (Wildman–Crippen LogP) is 1.39. The molecule has 0 rings (SSSR count). The van der Waals surface area contributed by atoms with Gasteiger partial charge in [0, 0.05) is 31.0 Å². The average molecular weight is 192 g/mol. The highest BCUT2D eigenvalue weighted by molar-refractivity contribution is 6.18. The molecule has 0 atom stereocenters. The summed E-state index contributed by atoms with van der Waals surface area (Å²) >= 11 is 5.44. The Hall–Kier alpha value is -0.0500. The summed E-state index contributed by atoms with van der Waals surface area (Å²) in [6.45, 7) is 5.88. The summed E-state index contributed by atoms with van der Waals surface area (Å²) in [6, 6.07) is 0. The van der Waals surface area contributed by atoms with Gasteiger partial charge in [-0.25, -0.2) is 0 Å². The maximum Gasteiger partial charge on any atom is 0.0494 e. The van der Waals surface area contributed by atoms with Crippen LogP contribution in [0.4, 0.5) is 0 Å². The van der Waals surface area contributed by atoms with Gasteiger partial charge >= 0.3 is 0 Å². The zero-order valence-corrected chi connectivity index (χ0v) is 8.56. The van der Waals surface area contributed by atoms with Crippen molar-refractivity contribution in [2.45, 2.75) is 13.8 Å². The van der Waals surface area contributed by atoms with Gasteiger partial charge in [-0.3, -0.25) is 0 Å². The third-order valence-electron chi connectivity index (χ3n) is 1.55. The van der Waals surface area contributed by atoms with E-state index in [4.69, 9.17) is 16.7 Å². The number of alkyl halides is 1. The number of hydrogen-bond acceptors (Lipinski definition) is 2. The number of nitrogens with one attached hydrogen (secondary N) is 1. The molecule has 0 aromatic heterocycles. The van der Waals surface area contributed by atoms with Crippen LogP contribution in [-0.2, 0) is 0 Å². The van der Waals surface area contributed by atoms with Crippen molar-refractivity contribution in [2.24, 2.45) is 5.41 Å². The fourth-order valence-corrected chi connectivity index (χ4v) is 0.822. The molecule has 0 bridgehead atoms. The Morgan fingerprint density at radius 2 is 2.08 bits per heavy atom. The second kappa shape index (κ2) is 6.46. The van der Waals surface area contributed by atoms with Crippen LogP contribution in [0.15, 0.2) is 12.2 Å². The molecule has 0 aliphatic heterocycles. The third-order valence-corrected chi connectivity index (χ3v) is 1.73. The molecule has 72 valence electrons. The van der Waals surface area contributed by atoms with Gasteiger partial charge < -0.3 is 10.4 Å². The Labute approximate surface area is 79.6 Å². The summed E-state index contributed by atoms with van der Waals surface area (Å²) in [5, 5.41) is 12.1. The molecular formula is C9H18ClNO. The van der Waals surface area contributed by atoms with Gasteiger partial charge in [0.1, 0.15) is 0 Å². The first kappa shape index (κ1) is 11.9. The fraction of sp³-hybridized carbons (Fsp3) is 0.778. The monoisotopic (exact) mass is 191 g/mol. The molecular weight excluding hydrogens is 174 g/mol. The molecule has 2 nitrogen and oxygen atoms in total. The van der Waals surface area contributed by atoms with Crippen molar-refractivity contribution >= 4 is 11.6 Å². The molecule has 0 unspecified atom stereocenters. The van der Waals surface area contributed by atoms with Crippen LogP contribution in [0.2, 0.25) is 0 Å². The molecule has 2 N–H and O–H groups in total. The topological polar surface area (TPSA) is 32.3 Å². The normalized spacial score (nSPS) is 12.7. The van der Waals surface area contributed by atoms with Crippen LogP contribution in [0.1, 0.15) is 13.8 Å². The first-order chi connectivity index (χ1) is 5.62. The van der Waals surface area contributed by atoms with Gasteiger partial charge in [0.05, 0.1) is 0 Å². The molecule has 0 saturated carbocycles. The standard InChI is InChI=1S/C9H18ClNO/c1-9(2,8-12)7-11-6-4-3-5-10/h3-4,11-12H,5-8H2,1-2H3/b4-3+. The Balaban J connectivity index is 3.36. The zero-order valence-electron chi connectivity index (χ0n) is 7.81. The lowest BCUT2D eigenvalue weighted by atomic mass is 9.95. The smallest absolute Gasteiger partial charge is 0.0494 e. The number of aliphatic hydroxyl groups is 1. The minimum atomic E-state index is -0.0329. The van der Waals surface area contributed by atoms with Crippen LogP contribution in [0.5, 0.6) is 0 Å². The molecule has 0 aromatic carbocycles. The highest BCUT2D eigenvalue weighted by Crippen LogP contribution is 2.10. The lowest BCUT2D eigenvalue weighted by molar-refractivity contribution is 0.158. The molecule has 0 spiro atoms. The number of hydrogen-bond donors (Lipinski definition) is 2. The van der Waals surface area contributed by atoms with Crippen LogP contribution in [0.25, 0.3) is 0 Å². The fourth-order valence-electron chi connectivity index (χ4n) is 0.696. The van der Waals surface area contributed by atoms with E-state index in [1.54, 1.807) is 0 Å². The third kappa shape index (κ3) is 6.65. The maximum absolute atomic E-state index is 8.92. The van der Waals surface area contributed by atoms with Gasteiger partial charge in [-0.2, -0.15) is 0 Å². The van der Waals surface area contributed by atoms with E-state index in [0.29, 0.717) is 5.88 Å². The zero-order chi connectivity index (χ0) is 9.45.